The number of para-hydroxylation sites is 1. The summed E-state index contributed by atoms with van der Waals surface area (Å²) < 4.78 is 26.1. The topological polar surface area (TPSA) is 66.5 Å². The minimum atomic E-state index is -3.55. The molecule has 23 heavy (non-hydrogen) atoms. The van der Waals surface area contributed by atoms with Crippen molar-refractivity contribution in [1.82, 2.24) is 0 Å². The first-order valence-electron chi connectivity index (χ1n) is 6.86. The highest BCUT2D eigenvalue weighted by atomic mass is 127. The smallest absolute Gasteiger partial charge is 0.245 e. The highest BCUT2D eigenvalue weighted by Crippen LogP contribution is 2.19. The quantitative estimate of drug-likeness (QED) is 0.722. The lowest BCUT2D eigenvalue weighted by molar-refractivity contribution is -0.114. The fraction of sp³-hybridized carbons (Fsp3) is 0.188. The number of anilines is 2. The molecule has 0 spiro atoms. The zero-order valence-electron chi connectivity index (χ0n) is 12.8. The summed E-state index contributed by atoms with van der Waals surface area (Å²) >= 11 is 2.19. The van der Waals surface area contributed by atoms with Gasteiger partial charge in [-0.25, -0.2) is 8.42 Å². The van der Waals surface area contributed by atoms with E-state index in [-0.39, 0.29) is 12.5 Å². The number of halogens is 1. The summed E-state index contributed by atoms with van der Waals surface area (Å²) in [5, 5.41) is 2.76. The van der Waals surface area contributed by atoms with Gasteiger partial charge in [-0.2, -0.15) is 0 Å². The third-order valence-corrected chi connectivity index (χ3v) is 5.01. The summed E-state index contributed by atoms with van der Waals surface area (Å²) in [5.41, 5.74) is 2.07. The van der Waals surface area contributed by atoms with Crippen LogP contribution in [0.4, 0.5) is 11.4 Å². The average molecular weight is 444 g/mol. The van der Waals surface area contributed by atoms with E-state index in [1.54, 1.807) is 30.3 Å². The van der Waals surface area contributed by atoms with E-state index in [1.807, 2.05) is 25.1 Å². The minimum Gasteiger partial charge on any atom is -0.324 e. The summed E-state index contributed by atoms with van der Waals surface area (Å²) in [4.78, 5) is 12.3. The number of nitrogens with one attached hydrogen (secondary N) is 1. The second-order valence-corrected chi connectivity index (χ2v) is 8.27. The van der Waals surface area contributed by atoms with E-state index in [0.717, 1.165) is 19.7 Å². The lowest BCUT2D eigenvalue weighted by atomic mass is 10.2. The molecule has 0 saturated heterocycles. The van der Waals surface area contributed by atoms with E-state index in [0.29, 0.717) is 11.4 Å². The maximum Gasteiger partial charge on any atom is 0.245 e. The van der Waals surface area contributed by atoms with Crippen LogP contribution >= 0.6 is 22.6 Å². The highest BCUT2D eigenvalue weighted by molar-refractivity contribution is 14.1. The second kappa shape index (κ2) is 7.31. The molecule has 2 aromatic rings. The van der Waals surface area contributed by atoms with Gasteiger partial charge in [0.1, 0.15) is 6.54 Å². The molecule has 0 aliphatic carbocycles. The molecule has 0 bridgehead atoms. The molecular weight excluding hydrogens is 427 g/mol. The number of aryl methyl sites for hydroxylation is 1. The van der Waals surface area contributed by atoms with Crippen molar-refractivity contribution in [2.24, 2.45) is 0 Å². The van der Waals surface area contributed by atoms with Gasteiger partial charge in [0, 0.05) is 9.26 Å². The zero-order chi connectivity index (χ0) is 17.0. The number of amides is 1. The van der Waals surface area contributed by atoms with Crippen molar-refractivity contribution in [1.29, 1.82) is 0 Å². The molecule has 5 nitrogen and oxygen atoms in total. The Kier molecular flexibility index (Phi) is 5.64. The Morgan fingerprint density at radius 1 is 1.17 bits per heavy atom. The third-order valence-electron chi connectivity index (χ3n) is 3.19. The van der Waals surface area contributed by atoms with E-state index in [4.69, 9.17) is 0 Å². The van der Waals surface area contributed by atoms with Crippen LogP contribution in [0.2, 0.25) is 0 Å². The van der Waals surface area contributed by atoms with Crippen LogP contribution in [0, 0.1) is 10.5 Å². The van der Waals surface area contributed by atoms with Gasteiger partial charge in [0.25, 0.3) is 0 Å². The van der Waals surface area contributed by atoms with Gasteiger partial charge in [-0.3, -0.25) is 9.10 Å². The number of carbonyl (C=O) groups excluding carboxylic acids is 1. The molecule has 0 atom stereocenters. The molecule has 0 aliphatic heterocycles. The van der Waals surface area contributed by atoms with Crippen molar-refractivity contribution in [3.8, 4) is 0 Å². The molecule has 0 aromatic heterocycles. The van der Waals surface area contributed by atoms with Crippen LogP contribution in [0.15, 0.2) is 48.5 Å². The van der Waals surface area contributed by atoms with Crippen LogP contribution in [-0.4, -0.2) is 27.1 Å². The minimum absolute atomic E-state index is 0.270. The number of benzene rings is 2. The SMILES string of the molecule is Cc1cc(I)ccc1NC(=O)CN(c1ccccc1)S(C)(=O)=O. The summed E-state index contributed by atoms with van der Waals surface area (Å²) in [6.07, 6.45) is 1.09. The van der Waals surface area contributed by atoms with Crippen molar-refractivity contribution >= 4 is 49.9 Å². The van der Waals surface area contributed by atoms with E-state index in [1.165, 1.54) is 0 Å². The number of hydrogen-bond acceptors (Lipinski definition) is 3. The lowest BCUT2D eigenvalue weighted by Gasteiger charge is -2.22. The highest BCUT2D eigenvalue weighted by Gasteiger charge is 2.20. The molecule has 0 saturated carbocycles. The molecule has 2 aromatic carbocycles. The van der Waals surface area contributed by atoms with Gasteiger partial charge in [0.2, 0.25) is 15.9 Å². The Morgan fingerprint density at radius 3 is 2.39 bits per heavy atom. The van der Waals surface area contributed by atoms with Gasteiger partial charge in [0.15, 0.2) is 0 Å². The fourth-order valence-corrected chi connectivity index (χ4v) is 3.59. The number of nitrogens with zero attached hydrogens (tertiary/aromatic N) is 1. The predicted molar refractivity (Wildman–Crippen MR) is 101 cm³/mol. The largest absolute Gasteiger partial charge is 0.324 e. The first-order valence-corrected chi connectivity index (χ1v) is 9.79. The monoisotopic (exact) mass is 444 g/mol. The van der Waals surface area contributed by atoms with Gasteiger partial charge < -0.3 is 5.32 Å². The van der Waals surface area contributed by atoms with Crippen molar-refractivity contribution in [3.05, 3.63) is 57.7 Å². The third kappa shape index (κ3) is 4.93. The van der Waals surface area contributed by atoms with Crippen LogP contribution in [0.5, 0.6) is 0 Å². The van der Waals surface area contributed by atoms with Crippen molar-refractivity contribution in [3.63, 3.8) is 0 Å². The molecule has 2 rings (SSSR count). The molecule has 1 N–H and O–H groups in total. The van der Waals surface area contributed by atoms with Crippen LogP contribution in [0.3, 0.4) is 0 Å². The van der Waals surface area contributed by atoms with Gasteiger partial charge in [-0.15, -0.1) is 0 Å². The summed E-state index contributed by atoms with van der Waals surface area (Å²) in [5.74, 6) is -0.386. The number of hydrogen-bond donors (Lipinski definition) is 1. The summed E-state index contributed by atoms with van der Waals surface area (Å²) in [6.45, 7) is 1.62. The molecule has 0 fully saturated rings. The van der Waals surface area contributed by atoms with Crippen LogP contribution in [0.25, 0.3) is 0 Å². The van der Waals surface area contributed by atoms with Crippen LogP contribution in [-0.2, 0) is 14.8 Å². The Hall–Kier alpha value is -1.61. The van der Waals surface area contributed by atoms with Crippen LogP contribution in [0.1, 0.15) is 5.56 Å². The molecule has 122 valence electrons. The van der Waals surface area contributed by atoms with E-state index >= 15 is 0 Å². The van der Waals surface area contributed by atoms with E-state index in [2.05, 4.69) is 27.9 Å². The van der Waals surface area contributed by atoms with Gasteiger partial charge in [0.05, 0.1) is 11.9 Å². The molecular formula is C16H17IN2O3S. The molecule has 0 unspecified atom stereocenters. The number of rotatable bonds is 5. The molecule has 1 amide bonds. The first-order chi connectivity index (χ1) is 10.8. The Morgan fingerprint density at radius 2 is 1.83 bits per heavy atom. The van der Waals surface area contributed by atoms with Gasteiger partial charge in [-0.1, -0.05) is 18.2 Å². The Balaban J connectivity index is 2.19. The van der Waals surface area contributed by atoms with Crippen molar-refractivity contribution in [2.75, 3.05) is 22.4 Å². The maximum absolute atomic E-state index is 12.3. The van der Waals surface area contributed by atoms with Gasteiger partial charge in [-0.05, 0) is 65.4 Å². The average Bonchev–Trinajstić information content (AvgIpc) is 2.47. The van der Waals surface area contributed by atoms with Crippen molar-refractivity contribution in [2.45, 2.75) is 6.92 Å². The van der Waals surface area contributed by atoms with Gasteiger partial charge >= 0.3 is 0 Å². The molecule has 0 aliphatic rings. The predicted octanol–water partition coefficient (Wildman–Crippen LogP) is 3.00. The zero-order valence-corrected chi connectivity index (χ0v) is 15.8. The number of carbonyl (C=O) groups is 1. The van der Waals surface area contributed by atoms with Crippen LogP contribution < -0.4 is 9.62 Å². The standard InChI is InChI=1S/C16H17IN2O3S/c1-12-10-13(17)8-9-15(12)18-16(20)11-19(23(2,21)22)14-6-4-3-5-7-14/h3-10H,11H2,1-2H3,(H,18,20). The Labute approximate surface area is 149 Å². The van der Waals surface area contributed by atoms with Crippen molar-refractivity contribution < 1.29 is 13.2 Å². The number of sulfonamides is 1. The summed E-state index contributed by atoms with van der Waals surface area (Å²) in [7, 11) is -3.55. The first kappa shape index (κ1) is 17.7. The molecule has 7 heteroatoms. The lowest BCUT2D eigenvalue weighted by Crippen LogP contribution is -2.37. The Bertz CT molecular complexity index is 807. The molecule has 0 heterocycles. The normalized spacial score (nSPS) is 11.1. The summed E-state index contributed by atoms with van der Waals surface area (Å²) in [6, 6.07) is 14.2. The van der Waals surface area contributed by atoms with E-state index < -0.39 is 10.0 Å². The van der Waals surface area contributed by atoms with E-state index in [9.17, 15) is 13.2 Å². The maximum atomic E-state index is 12.3. The second-order valence-electron chi connectivity index (χ2n) is 5.11. The fourth-order valence-electron chi connectivity index (χ4n) is 2.08. The molecule has 0 radical (unpaired) electrons.